The lowest BCUT2D eigenvalue weighted by molar-refractivity contribution is 0.102. The Morgan fingerprint density at radius 2 is 2.00 bits per heavy atom. The molecule has 8 nitrogen and oxygen atoms in total. The van der Waals surface area contributed by atoms with Gasteiger partial charge in [0.05, 0.1) is 30.3 Å². The number of anilines is 1. The molecule has 0 aromatic carbocycles. The first-order valence-electron chi connectivity index (χ1n) is 8.30. The molecule has 0 bridgehead atoms. The molecule has 0 unspecified atom stereocenters. The van der Waals surface area contributed by atoms with Crippen LogP contribution in [0.1, 0.15) is 34.2 Å². The van der Waals surface area contributed by atoms with Crippen molar-refractivity contribution >= 4 is 11.7 Å². The molecular formula is C18H20N6O2. The third kappa shape index (κ3) is 3.53. The van der Waals surface area contributed by atoms with Crippen LogP contribution in [0.2, 0.25) is 0 Å². The number of nitrogens with one attached hydrogen (secondary N) is 1. The topological polar surface area (TPSA) is 94.7 Å². The SMILES string of the molecule is CCn1nccc1NC(=O)c1c(C)ccn(Cc2cnc(C)cn2)c1=O. The molecule has 3 rings (SSSR count). The van der Waals surface area contributed by atoms with Gasteiger partial charge in [-0.25, -0.2) is 4.68 Å². The van der Waals surface area contributed by atoms with Crippen molar-refractivity contribution in [2.75, 3.05) is 5.32 Å². The minimum Gasteiger partial charge on any atom is -0.309 e. The quantitative estimate of drug-likeness (QED) is 0.755. The first kappa shape index (κ1) is 17.5. The summed E-state index contributed by atoms with van der Waals surface area (Å²) >= 11 is 0. The molecular weight excluding hydrogens is 332 g/mol. The minimum absolute atomic E-state index is 0.108. The Morgan fingerprint density at radius 1 is 1.19 bits per heavy atom. The average Bonchev–Trinajstić information content (AvgIpc) is 3.06. The molecule has 26 heavy (non-hydrogen) atoms. The molecule has 3 aromatic rings. The number of pyridine rings is 1. The summed E-state index contributed by atoms with van der Waals surface area (Å²) in [7, 11) is 0. The molecule has 0 atom stereocenters. The summed E-state index contributed by atoms with van der Waals surface area (Å²) < 4.78 is 3.11. The summed E-state index contributed by atoms with van der Waals surface area (Å²) in [6, 6.07) is 3.44. The summed E-state index contributed by atoms with van der Waals surface area (Å²) in [4.78, 5) is 33.9. The molecule has 0 spiro atoms. The van der Waals surface area contributed by atoms with Gasteiger partial charge in [-0.1, -0.05) is 0 Å². The maximum Gasteiger partial charge on any atom is 0.264 e. The van der Waals surface area contributed by atoms with Crippen LogP contribution in [0.15, 0.2) is 41.7 Å². The standard InChI is InChI=1S/C18H20N6O2/c1-4-24-15(5-7-21-24)22-17(25)16-12(2)6-8-23(18(16)26)11-14-10-19-13(3)9-20-14/h5-10H,4,11H2,1-3H3,(H,22,25). The van der Waals surface area contributed by atoms with Gasteiger partial charge in [-0.05, 0) is 32.4 Å². The second-order valence-corrected chi connectivity index (χ2v) is 5.94. The summed E-state index contributed by atoms with van der Waals surface area (Å²) in [5.41, 5.74) is 1.81. The van der Waals surface area contributed by atoms with Crippen molar-refractivity contribution in [3.05, 3.63) is 69.8 Å². The molecule has 0 saturated carbocycles. The van der Waals surface area contributed by atoms with Crippen molar-refractivity contribution in [1.82, 2.24) is 24.3 Å². The Morgan fingerprint density at radius 3 is 2.69 bits per heavy atom. The molecule has 0 saturated heterocycles. The summed E-state index contributed by atoms with van der Waals surface area (Å²) in [6.45, 7) is 6.38. The number of carbonyl (C=O) groups excluding carboxylic acids is 1. The van der Waals surface area contributed by atoms with Crippen LogP contribution >= 0.6 is 0 Å². The summed E-state index contributed by atoms with van der Waals surface area (Å²) in [5, 5.41) is 6.87. The van der Waals surface area contributed by atoms with E-state index in [1.54, 1.807) is 48.5 Å². The Labute approximate surface area is 150 Å². The molecule has 0 radical (unpaired) electrons. The van der Waals surface area contributed by atoms with E-state index in [1.807, 2.05) is 13.8 Å². The highest BCUT2D eigenvalue weighted by atomic mass is 16.2. The number of aromatic nitrogens is 5. The number of carbonyl (C=O) groups is 1. The molecule has 1 amide bonds. The van der Waals surface area contributed by atoms with E-state index in [0.717, 1.165) is 5.69 Å². The van der Waals surface area contributed by atoms with Crippen molar-refractivity contribution in [2.45, 2.75) is 33.9 Å². The largest absolute Gasteiger partial charge is 0.309 e. The van der Waals surface area contributed by atoms with E-state index < -0.39 is 5.91 Å². The van der Waals surface area contributed by atoms with E-state index in [1.165, 1.54) is 4.57 Å². The molecule has 8 heteroatoms. The first-order valence-corrected chi connectivity index (χ1v) is 8.30. The normalized spacial score (nSPS) is 10.7. The number of hydrogen-bond donors (Lipinski definition) is 1. The Kier molecular flexibility index (Phi) is 4.92. The van der Waals surface area contributed by atoms with E-state index in [4.69, 9.17) is 0 Å². The fraction of sp³-hybridized carbons (Fsp3) is 0.278. The van der Waals surface area contributed by atoms with Crippen LogP contribution in [0, 0.1) is 13.8 Å². The van der Waals surface area contributed by atoms with Gasteiger partial charge in [0.25, 0.3) is 11.5 Å². The third-order valence-corrected chi connectivity index (χ3v) is 4.03. The van der Waals surface area contributed by atoms with Crippen LogP contribution in [-0.2, 0) is 13.1 Å². The van der Waals surface area contributed by atoms with Crippen molar-refractivity contribution in [2.24, 2.45) is 0 Å². The fourth-order valence-corrected chi connectivity index (χ4v) is 2.61. The van der Waals surface area contributed by atoms with E-state index in [-0.39, 0.29) is 17.7 Å². The number of amides is 1. The lowest BCUT2D eigenvalue weighted by Gasteiger charge is -2.11. The van der Waals surface area contributed by atoms with Gasteiger partial charge < -0.3 is 9.88 Å². The predicted octanol–water partition coefficient (Wildman–Crippen LogP) is 1.77. The fourth-order valence-electron chi connectivity index (χ4n) is 2.61. The number of aryl methyl sites for hydroxylation is 3. The Balaban J connectivity index is 1.90. The maximum absolute atomic E-state index is 12.8. The van der Waals surface area contributed by atoms with Gasteiger partial charge in [0.2, 0.25) is 0 Å². The highest BCUT2D eigenvalue weighted by Gasteiger charge is 2.17. The smallest absolute Gasteiger partial charge is 0.264 e. The van der Waals surface area contributed by atoms with E-state index in [2.05, 4.69) is 20.4 Å². The van der Waals surface area contributed by atoms with Gasteiger partial charge in [-0.3, -0.25) is 19.6 Å². The molecule has 0 aliphatic heterocycles. The number of rotatable bonds is 5. The van der Waals surface area contributed by atoms with Gasteiger partial charge in [0.15, 0.2) is 0 Å². The first-order chi connectivity index (χ1) is 12.5. The van der Waals surface area contributed by atoms with Gasteiger partial charge in [0, 0.05) is 25.0 Å². The average molecular weight is 352 g/mol. The van der Waals surface area contributed by atoms with Crippen LogP contribution in [-0.4, -0.2) is 30.2 Å². The zero-order valence-electron chi connectivity index (χ0n) is 14.9. The maximum atomic E-state index is 12.8. The zero-order valence-corrected chi connectivity index (χ0v) is 14.9. The predicted molar refractivity (Wildman–Crippen MR) is 97.2 cm³/mol. The van der Waals surface area contributed by atoms with Crippen LogP contribution in [0.25, 0.3) is 0 Å². The monoisotopic (exact) mass is 352 g/mol. The van der Waals surface area contributed by atoms with Crippen LogP contribution in [0.4, 0.5) is 5.82 Å². The third-order valence-electron chi connectivity index (χ3n) is 4.03. The lowest BCUT2D eigenvalue weighted by atomic mass is 10.1. The number of hydrogen-bond acceptors (Lipinski definition) is 5. The van der Waals surface area contributed by atoms with Crippen molar-refractivity contribution < 1.29 is 4.79 Å². The summed E-state index contributed by atoms with van der Waals surface area (Å²) in [6.07, 6.45) is 6.53. The highest BCUT2D eigenvalue weighted by Crippen LogP contribution is 2.10. The molecule has 3 heterocycles. The van der Waals surface area contributed by atoms with E-state index >= 15 is 0 Å². The molecule has 3 aromatic heterocycles. The second kappa shape index (κ2) is 7.30. The lowest BCUT2D eigenvalue weighted by Crippen LogP contribution is -2.31. The second-order valence-electron chi connectivity index (χ2n) is 5.94. The van der Waals surface area contributed by atoms with E-state index in [9.17, 15) is 9.59 Å². The molecule has 134 valence electrons. The van der Waals surface area contributed by atoms with Gasteiger partial charge >= 0.3 is 0 Å². The van der Waals surface area contributed by atoms with Crippen LogP contribution < -0.4 is 10.9 Å². The molecule has 1 N–H and O–H groups in total. The van der Waals surface area contributed by atoms with Crippen LogP contribution in [0.3, 0.4) is 0 Å². The summed E-state index contributed by atoms with van der Waals surface area (Å²) in [5.74, 6) is 0.100. The van der Waals surface area contributed by atoms with Gasteiger partial charge in [-0.2, -0.15) is 5.10 Å². The van der Waals surface area contributed by atoms with Crippen molar-refractivity contribution in [3.63, 3.8) is 0 Å². The molecule has 0 aliphatic rings. The van der Waals surface area contributed by atoms with Gasteiger partial charge in [-0.15, -0.1) is 0 Å². The molecule has 0 fully saturated rings. The van der Waals surface area contributed by atoms with Crippen molar-refractivity contribution in [3.8, 4) is 0 Å². The van der Waals surface area contributed by atoms with Crippen molar-refractivity contribution in [1.29, 1.82) is 0 Å². The van der Waals surface area contributed by atoms with E-state index in [0.29, 0.717) is 23.6 Å². The van der Waals surface area contributed by atoms with Gasteiger partial charge in [0.1, 0.15) is 11.4 Å². The zero-order chi connectivity index (χ0) is 18.7. The van der Waals surface area contributed by atoms with Crippen LogP contribution in [0.5, 0.6) is 0 Å². The minimum atomic E-state index is -0.452. The number of nitrogens with zero attached hydrogens (tertiary/aromatic N) is 5. The Hall–Kier alpha value is -3.29. The Bertz CT molecular complexity index is 988. The highest BCUT2D eigenvalue weighted by molar-refractivity contribution is 6.04. The molecule has 0 aliphatic carbocycles.